The largest absolute Gasteiger partial charge is 0.325 e. The van der Waals surface area contributed by atoms with Crippen molar-refractivity contribution in [3.63, 3.8) is 0 Å². The van der Waals surface area contributed by atoms with Crippen molar-refractivity contribution < 1.29 is 4.39 Å². The molecule has 0 aliphatic carbocycles. The summed E-state index contributed by atoms with van der Waals surface area (Å²) in [6.07, 6.45) is 1.75. The molecule has 4 nitrogen and oxygen atoms in total. The van der Waals surface area contributed by atoms with Crippen LogP contribution in [0.1, 0.15) is 11.3 Å². The quantitative estimate of drug-likeness (QED) is 0.933. The molecule has 1 heterocycles. The standard InChI is InChI=1S/C10H10BrFN4/c11-10-2-1-8(12)3-7(10)5-16-6-9(4-13)14-15-16/h1-3,6H,4-5,13H2. The maximum absolute atomic E-state index is 13.0. The van der Waals surface area contributed by atoms with Gasteiger partial charge >= 0.3 is 0 Å². The molecule has 6 heteroatoms. The van der Waals surface area contributed by atoms with E-state index >= 15 is 0 Å². The summed E-state index contributed by atoms with van der Waals surface area (Å²) < 4.78 is 15.5. The van der Waals surface area contributed by atoms with Crippen LogP contribution < -0.4 is 5.73 Å². The number of nitrogens with zero attached hydrogens (tertiary/aromatic N) is 3. The number of rotatable bonds is 3. The number of benzene rings is 1. The van der Waals surface area contributed by atoms with Crippen LogP contribution in [-0.2, 0) is 13.1 Å². The van der Waals surface area contributed by atoms with E-state index in [1.165, 1.54) is 12.1 Å². The Balaban J connectivity index is 2.22. The van der Waals surface area contributed by atoms with Crippen molar-refractivity contribution in [3.05, 3.63) is 45.9 Å². The lowest BCUT2D eigenvalue weighted by molar-refractivity contribution is 0.613. The minimum Gasteiger partial charge on any atom is -0.325 e. The lowest BCUT2D eigenvalue weighted by Crippen LogP contribution is -2.01. The summed E-state index contributed by atoms with van der Waals surface area (Å²) >= 11 is 3.36. The van der Waals surface area contributed by atoms with Gasteiger partial charge in [0.05, 0.1) is 18.4 Å². The molecular formula is C10H10BrFN4. The van der Waals surface area contributed by atoms with Crippen molar-refractivity contribution >= 4 is 15.9 Å². The summed E-state index contributed by atoms with van der Waals surface area (Å²) in [5, 5.41) is 7.76. The number of nitrogens with two attached hydrogens (primary N) is 1. The van der Waals surface area contributed by atoms with Crippen LogP contribution in [0.5, 0.6) is 0 Å². The molecule has 0 fully saturated rings. The number of halogens is 2. The minimum atomic E-state index is -0.266. The third kappa shape index (κ3) is 2.45. The van der Waals surface area contributed by atoms with Crippen LogP contribution in [0.3, 0.4) is 0 Å². The highest BCUT2D eigenvalue weighted by Gasteiger charge is 2.04. The van der Waals surface area contributed by atoms with Crippen LogP contribution in [0.4, 0.5) is 4.39 Å². The van der Waals surface area contributed by atoms with Gasteiger partial charge in [0.1, 0.15) is 5.82 Å². The van der Waals surface area contributed by atoms with Gasteiger partial charge in [-0.3, -0.25) is 0 Å². The Morgan fingerprint density at radius 1 is 1.44 bits per heavy atom. The average molecular weight is 285 g/mol. The second kappa shape index (κ2) is 4.71. The zero-order valence-electron chi connectivity index (χ0n) is 8.40. The Morgan fingerprint density at radius 3 is 2.94 bits per heavy atom. The zero-order valence-corrected chi connectivity index (χ0v) is 9.98. The van der Waals surface area contributed by atoms with E-state index in [2.05, 4.69) is 26.2 Å². The van der Waals surface area contributed by atoms with Gasteiger partial charge in [0.25, 0.3) is 0 Å². The van der Waals surface area contributed by atoms with Gasteiger partial charge in [-0.2, -0.15) is 0 Å². The maximum Gasteiger partial charge on any atom is 0.123 e. The van der Waals surface area contributed by atoms with Crippen molar-refractivity contribution in [1.29, 1.82) is 0 Å². The molecule has 0 aliphatic heterocycles. The van der Waals surface area contributed by atoms with Crippen molar-refractivity contribution in [1.82, 2.24) is 15.0 Å². The first kappa shape index (κ1) is 11.2. The summed E-state index contributed by atoms with van der Waals surface area (Å²) in [5.41, 5.74) is 6.95. The van der Waals surface area contributed by atoms with Gasteiger partial charge in [0, 0.05) is 11.0 Å². The van der Waals surface area contributed by atoms with E-state index in [-0.39, 0.29) is 5.82 Å². The highest BCUT2D eigenvalue weighted by molar-refractivity contribution is 9.10. The van der Waals surface area contributed by atoms with E-state index in [0.717, 1.165) is 10.0 Å². The van der Waals surface area contributed by atoms with Gasteiger partial charge < -0.3 is 5.73 Å². The summed E-state index contributed by atoms with van der Waals surface area (Å²) in [6, 6.07) is 4.54. The molecule has 2 N–H and O–H groups in total. The maximum atomic E-state index is 13.0. The van der Waals surface area contributed by atoms with Gasteiger partial charge in [-0.25, -0.2) is 9.07 Å². The highest BCUT2D eigenvalue weighted by atomic mass is 79.9. The normalized spacial score (nSPS) is 10.7. The SMILES string of the molecule is NCc1cn(Cc2cc(F)ccc2Br)nn1. The lowest BCUT2D eigenvalue weighted by atomic mass is 10.2. The lowest BCUT2D eigenvalue weighted by Gasteiger charge is -2.03. The van der Waals surface area contributed by atoms with Crippen LogP contribution in [0.2, 0.25) is 0 Å². The van der Waals surface area contributed by atoms with Gasteiger partial charge in [0.15, 0.2) is 0 Å². The molecule has 0 amide bonds. The second-order valence-electron chi connectivity index (χ2n) is 3.35. The minimum absolute atomic E-state index is 0.266. The molecule has 0 radical (unpaired) electrons. The van der Waals surface area contributed by atoms with Crippen LogP contribution in [-0.4, -0.2) is 15.0 Å². The fraction of sp³-hybridized carbons (Fsp3) is 0.200. The third-order valence-electron chi connectivity index (χ3n) is 2.14. The van der Waals surface area contributed by atoms with Crippen LogP contribution in [0.15, 0.2) is 28.9 Å². The number of aromatic nitrogens is 3. The molecule has 0 aliphatic rings. The fourth-order valence-corrected chi connectivity index (χ4v) is 1.72. The van der Waals surface area contributed by atoms with E-state index in [0.29, 0.717) is 18.8 Å². The molecule has 84 valence electrons. The van der Waals surface area contributed by atoms with Crippen LogP contribution in [0.25, 0.3) is 0 Å². The molecule has 0 spiro atoms. The second-order valence-corrected chi connectivity index (χ2v) is 4.20. The van der Waals surface area contributed by atoms with E-state index in [9.17, 15) is 4.39 Å². The Morgan fingerprint density at radius 2 is 2.25 bits per heavy atom. The van der Waals surface area contributed by atoms with E-state index in [1.807, 2.05) is 0 Å². The van der Waals surface area contributed by atoms with E-state index in [1.54, 1.807) is 16.9 Å². The van der Waals surface area contributed by atoms with Crippen molar-refractivity contribution in [2.24, 2.45) is 5.73 Å². The molecule has 1 aromatic carbocycles. The van der Waals surface area contributed by atoms with Crippen molar-refractivity contribution in [3.8, 4) is 0 Å². The Kier molecular flexibility index (Phi) is 3.31. The summed E-state index contributed by atoms with van der Waals surface area (Å²) in [5.74, 6) is -0.266. The monoisotopic (exact) mass is 284 g/mol. The summed E-state index contributed by atoms with van der Waals surface area (Å²) in [7, 11) is 0. The predicted octanol–water partition coefficient (Wildman–Crippen LogP) is 1.69. The first-order chi connectivity index (χ1) is 7.69. The molecule has 0 bridgehead atoms. The van der Waals surface area contributed by atoms with Gasteiger partial charge in [-0.1, -0.05) is 21.1 Å². The molecule has 0 atom stereocenters. The predicted molar refractivity (Wildman–Crippen MR) is 61.1 cm³/mol. The molecule has 0 unspecified atom stereocenters. The van der Waals surface area contributed by atoms with Crippen molar-refractivity contribution in [2.75, 3.05) is 0 Å². The topological polar surface area (TPSA) is 56.7 Å². The van der Waals surface area contributed by atoms with Crippen LogP contribution in [0, 0.1) is 5.82 Å². The van der Waals surface area contributed by atoms with Crippen LogP contribution >= 0.6 is 15.9 Å². The van der Waals surface area contributed by atoms with E-state index < -0.39 is 0 Å². The molecule has 1 aromatic heterocycles. The smallest absolute Gasteiger partial charge is 0.123 e. The molecule has 2 rings (SSSR count). The Hall–Kier alpha value is -1.27. The Labute approximate surface area is 100 Å². The van der Waals surface area contributed by atoms with Gasteiger partial charge in [-0.05, 0) is 23.8 Å². The first-order valence-corrected chi connectivity index (χ1v) is 5.51. The Bertz CT molecular complexity index is 497. The summed E-state index contributed by atoms with van der Waals surface area (Å²) in [6.45, 7) is 0.815. The van der Waals surface area contributed by atoms with Crippen molar-refractivity contribution in [2.45, 2.75) is 13.1 Å². The molecular weight excluding hydrogens is 275 g/mol. The van der Waals surface area contributed by atoms with E-state index in [4.69, 9.17) is 5.73 Å². The molecule has 0 saturated heterocycles. The highest BCUT2D eigenvalue weighted by Crippen LogP contribution is 2.18. The zero-order chi connectivity index (χ0) is 11.5. The van der Waals surface area contributed by atoms with Gasteiger partial charge in [-0.15, -0.1) is 5.10 Å². The number of hydrogen-bond acceptors (Lipinski definition) is 3. The molecule has 0 saturated carbocycles. The fourth-order valence-electron chi connectivity index (χ4n) is 1.35. The molecule has 2 aromatic rings. The number of hydrogen-bond donors (Lipinski definition) is 1. The summed E-state index contributed by atoms with van der Waals surface area (Å²) in [4.78, 5) is 0. The first-order valence-electron chi connectivity index (χ1n) is 4.72. The molecule has 16 heavy (non-hydrogen) atoms. The van der Waals surface area contributed by atoms with Gasteiger partial charge in [0.2, 0.25) is 0 Å². The third-order valence-corrected chi connectivity index (χ3v) is 2.91. The average Bonchev–Trinajstić information content (AvgIpc) is 2.71.